The Kier molecular flexibility index (Phi) is 4.99. The van der Waals surface area contributed by atoms with Gasteiger partial charge in [-0.2, -0.15) is 0 Å². The maximum absolute atomic E-state index is 12.2. The fraction of sp³-hybridized carbons (Fsp3) is 0.118. The molecule has 4 aromatic rings. The van der Waals surface area contributed by atoms with E-state index >= 15 is 0 Å². The Labute approximate surface area is 162 Å². The largest absolute Gasteiger partial charge is 0.461 e. The number of furan rings is 1. The van der Waals surface area contributed by atoms with Crippen LogP contribution in [0.2, 0.25) is 0 Å². The number of hydrogen-bond acceptors (Lipinski definition) is 8. The molecule has 8 nitrogen and oxygen atoms in total. The Morgan fingerprint density at radius 2 is 2.00 bits per heavy atom. The number of nitrogens with one attached hydrogen (secondary N) is 1. The van der Waals surface area contributed by atoms with Crippen LogP contribution < -0.4 is 5.32 Å². The first-order valence-corrected chi connectivity index (χ1v) is 9.78. The predicted octanol–water partition coefficient (Wildman–Crippen LogP) is 3.42. The van der Waals surface area contributed by atoms with Crippen molar-refractivity contribution in [2.24, 2.45) is 0 Å². The van der Waals surface area contributed by atoms with Gasteiger partial charge in [0.25, 0.3) is 0 Å². The fourth-order valence-electron chi connectivity index (χ4n) is 2.37. The summed E-state index contributed by atoms with van der Waals surface area (Å²) in [7, 11) is 0. The molecule has 0 radical (unpaired) electrons. The summed E-state index contributed by atoms with van der Waals surface area (Å²) in [5, 5.41) is 20.9. The van der Waals surface area contributed by atoms with Gasteiger partial charge < -0.3 is 4.42 Å². The monoisotopic (exact) mass is 398 g/mol. The van der Waals surface area contributed by atoms with Gasteiger partial charge in [0, 0.05) is 5.69 Å². The third-order valence-electron chi connectivity index (χ3n) is 3.49. The molecule has 1 amide bonds. The van der Waals surface area contributed by atoms with Crippen molar-refractivity contribution in [3.63, 3.8) is 0 Å². The number of rotatable bonds is 6. The van der Waals surface area contributed by atoms with Gasteiger partial charge in [0.05, 0.1) is 12.0 Å². The summed E-state index contributed by atoms with van der Waals surface area (Å²) >= 11 is 2.62. The van der Waals surface area contributed by atoms with Crippen molar-refractivity contribution >= 4 is 34.1 Å². The second kappa shape index (κ2) is 7.72. The first-order chi connectivity index (χ1) is 13.2. The lowest BCUT2D eigenvalue weighted by Gasteiger charge is -2.08. The van der Waals surface area contributed by atoms with Gasteiger partial charge in [-0.25, -0.2) is 0 Å². The smallest absolute Gasteiger partial charge is 0.236 e. The van der Waals surface area contributed by atoms with E-state index in [0.29, 0.717) is 21.9 Å². The number of hydrogen-bond donors (Lipinski definition) is 1. The number of aryl methyl sites for hydroxylation is 1. The first-order valence-electron chi connectivity index (χ1n) is 7.98. The Balaban J connectivity index is 1.56. The van der Waals surface area contributed by atoms with E-state index in [4.69, 9.17) is 4.42 Å². The Bertz CT molecular complexity index is 1040. The number of carbonyl (C=O) groups is 1. The molecule has 1 N–H and O–H groups in total. The van der Waals surface area contributed by atoms with E-state index < -0.39 is 0 Å². The highest BCUT2D eigenvalue weighted by Crippen LogP contribution is 2.28. The van der Waals surface area contributed by atoms with E-state index in [-0.39, 0.29) is 11.7 Å². The van der Waals surface area contributed by atoms with Crippen molar-refractivity contribution in [2.45, 2.75) is 12.1 Å². The van der Waals surface area contributed by atoms with Gasteiger partial charge in [-0.1, -0.05) is 41.3 Å². The van der Waals surface area contributed by atoms with Crippen LogP contribution in [0, 0.1) is 6.92 Å². The number of aromatic nitrogens is 5. The normalized spacial score (nSPS) is 10.9. The summed E-state index contributed by atoms with van der Waals surface area (Å²) in [6, 6.07) is 13.3. The molecule has 3 aromatic heterocycles. The van der Waals surface area contributed by atoms with Crippen molar-refractivity contribution in [1.82, 2.24) is 25.0 Å². The lowest BCUT2D eigenvalue weighted by molar-refractivity contribution is -0.113. The van der Waals surface area contributed by atoms with Gasteiger partial charge in [-0.15, -0.1) is 20.4 Å². The van der Waals surface area contributed by atoms with Crippen LogP contribution >= 0.6 is 23.1 Å². The lowest BCUT2D eigenvalue weighted by Crippen LogP contribution is -2.14. The summed E-state index contributed by atoms with van der Waals surface area (Å²) in [6.45, 7) is 1.83. The summed E-state index contributed by atoms with van der Waals surface area (Å²) in [5.41, 5.74) is 0.886. The van der Waals surface area contributed by atoms with E-state index in [2.05, 4.69) is 25.7 Å². The van der Waals surface area contributed by atoms with Crippen LogP contribution in [-0.4, -0.2) is 36.6 Å². The summed E-state index contributed by atoms with van der Waals surface area (Å²) < 4.78 is 7.34. The molecule has 0 atom stereocenters. The van der Waals surface area contributed by atoms with E-state index in [0.717, 1.165) is 10.7 Å². The zero-order valence-electron chi connectivity index (χ0n) is 14.2. The standard InChI is InChI=1S/C17H14N6O2S2/c1-11-19-21-16(27-11)18-14(24)10-26-17-22-20-15(13-8-5-9-25-13)23(17)12-6-3-2-4-7-12/h2-9H,10H2,1H3,(H,18,21,24). The van der Waals surface area contributed by atoms with Gasteiger partial charge >= 0.3 is 0 Å². The summed E-state index contributed by atoms with van der Waals surface area (Å²) in [6.07, 6.45) is 1.59. The van der Waals surface area contributed by atoms with Gasteiger partial charge in [0.1, 0.15) is 5.01 Å². The zero-order chi connectivity index (χ0) is 18.6. The van der Waals surface area contributed by atoms with E-state index in [1.807, 2.05) is 47.9 Å². The highest BCUT2D eigenvalue weighted by atomic mass is 32.2. The first kappa shape index (κ1) is 17.4. The fourth-order valence-corrected chi connectivity index (χ4v) is 3.73. The summed E-state index contributed by atoms with van der Waals surface area (Å²) in [4.78, 5) is 12.2. The third-order valence-corrected chi connectivity index (χ3v) is 5.18. The van der Waals surface area contributed by atoms with Crippen LogP contribution in [0.15, 0.2) is 58.3 Å². The Morgan fingerprint density at radius 1 is 1.15 bits per heavy atom. The number of nitrogens with zero attached hydrogens (tertiary/aromatic N) is 5. The molecule has 0 saturated heterocycles. The molecule has 0 spiro atoms. The van der Waals surface area contributed by atoms with Crippen LogP contribution in [0.4, 0.5) is 5.13 Å². The van der Waals surface area contributed by atoms with Crippen molar-refractivity contribution < 1.29 is 9.21 Å². The van der Waals surface area contributed by atoms with E-state index in [9.17, 15) is 4.79 Å². The highest BCUT2D eigenvalue weighted by Gasteiger charge is 2.19. The molecule has 0 aliphatic heterocycles. The van der Waals surface area contributed by atoms with Gasteiger partial charge in [0.2, 0.25) is 16.9 Å². The Morgan fingerprint density at radius 3 is 2.70 bits per heavy atom. The minimum absolute atomic E-state index is 0.168. The predicted molar refractivity (Wildman–Crippen MR) is 103 cm³/mol. The number of amides is 1. The van der Waals surface area contributed by atoms with Crippen LogP contribution in [0.25, 0.3) is 17.3 Å². The maximum Gasteiger partial charge on any atom is 0.236 e. The number of para-hydroxylation sites is 1. The third kappa shape index (κ3) is 3.91. The van der Waals surface area contributed by atoms with Gasteiger partial charge in [-0.05, 0) is 31.2 Å². The quantitative estimate of drug-likeness (QED) is 0.497. The summed E-state index contributed by atoms with van der Waals surface area (Å²) in [5.74, 6) is 1.17. The molecular formula is C17H14N6O2S2. The molecule has 3 heterocycles. The van der Waals surface area contributed by atoms with Crippen molar-refractivity contribution in [2.75, 3.05) is 11.1 Å². The minimum atomic E-state index is -0.182. The van der Waals surface area contributed by atoms with Gasteiger partial charge in [-0.3, -0.25) is 14.7 Å². The zero-order valence-corrected chi connectivity index (χ0v) is 15.8. The average molecular weight is 398 g/mol. The lowest BCUT2D eigenvalue weighted by atomic mass is 10.3. The molecule has 0 fully saturated rings. The molecule has 10 heteroatoms. The minimum Gasteiger partial charge on any atom is -0.461 e. The number of carbonyl (C=O) groups excluding carboxylic acids is 1. The Hall–Kier alpha value is -2.98. The van der Waals surface area contributed by atoms with Crippen LogP contribution in [0.3, 0.4) is 0 Å². The second-order valence-corrected chi connectivity index (χ2v) is 7.54. The van der Waals surface area contributed by atoms with Crippen LogP contribution in [0.1, 0.15) is 5.01 Å². The van der Waals surface area contributed by atoms with Crippen LogP contribution in [-0.2, 0) is 4.79 Å². The van der Waals surface area contributed by atoms with Gasteiger partial charge in [0.15, 0.2) is 10.9 Å². The maximum atomic E-state index is 12.2. The topological polar surface area (TPSA) is 98.7 Å². The highest BCUT2D eigenvalue weighted by molar-refractivity contribution is 7.99. The van der Waals surface area contributed by atoms with E-state index in [1.165, 1.54) is 23.1 Å². The second-order valence-electron chi connectivity index (χ2n) is 5.42. The molecule has 0 saturated carbocycles. The SMILES string of the molecule is Cc1nnc(NC(=O)CSc2nnc(-c3ccco3)n2-c2ccccc2)s1. The molecule has 0 aliphatic rings. The van der Waals surface area contributed by atoms with Crippen molar-refractivity contribution in [3.8, 4) is 17.3 Å². The number of thioether (sulfide) groups is 1. The molecule has 0 aliphatic carbocycles. The molecule has 4 rings (SSSR count). The molecule has 27 heavy (non-hydrogen) atoms. The molecule has 0 bridgehead atoms. The molecule has 1 aromatic carbocycles. The molecular weight excluding hydrogens is 384 g/mol. The van der Waals surface area contributed by atoms with Crippen molar-refractivity contribution in [1.29, 1.82) is 0 Å². The average Bonchev–Trinajstić information content (AvgIpc) is 3.41. The van der Waals surface area contributed by atoms with Crippen LogP contribution in [0.5, 0.6) is 0 Å². The van der Waals surface area contributed by atoms with Crippen molar-refractivity contribution in [3.05, 3.63) is 53.7 Å². The number of benzene rings is 1. The van der Waals surface area contributed by atoms with E-state index in [1.54, 1.807) is 12.3 Å². The molecule has 136 valence electrons. The molecule has 0 unspecified atom stereocenters. The number of anilines is 1.